The molecule has 0 aliphatic rings. The summed E-state index contributed by atoms with van der Waals surface area (Å²) in [7, 11) is 2.16. The van der Waals surface area contributed by atoms with Gasteiger partial charge in [0.25, 0.3) is 0 Å². The quantitative estimate of drug-likeness (QED) is 0.781. The number of para-hydroxylation sites is 1. The lowest BCUT2D eigenvalue weighted by atomic mass is 10.0. The van der Waals surface area contributed by atoms with E-state index in [9.17, 15) is 0 Å². The van der Waals surface area contributed by atoms with Gasteiger partial charge in [-0.25, -0.2) is 0 Å². The average Bonchev–Trinajstić information content (AvgIpc) is 2.39. The normalized spacial score (nSPS) is 13.0. The Bertz CT molecular complexity index is 366. The zero-order valence-corrected chi connectivity index (χ0v) is 12.9. The smallest absolute Gasteiger partial charge is 0.124 e. The van der Waals surface area contributed by atoms with Crippen molar-refractivity contribution in [2.75, 3.05) is 26.7 Å². The molecule has 3 nitrogen and oxygen atoms in total. The van der Waals surface area contributed by atoms with Gasteiger partial charge in [0.15, 0.2) is 0 Å². The molecule has 0 fully saturated rings. The Kier molecular flexibility index (Phi) is 6.89. The SMILES string of the molecule is CCNC(CN(C)C(C)C)c1ccccc1OCC. The van der Waals surface area contributed by atoms with E-state index in [0.717, 1.165) is 18.8 Å². The Morgan fingerprint density at radius 1 is 1.21 bits per heavy atom. The van der Waals surface area contributed by atoms with E-state index in [4.69, 9.17) is 4.74 Å². The first-order chi connectivity index (χ1) is 9.10. The number of hydrogen-bond donors (Lipinski definition) is 1. The van der Waals surface area contributed by atoms with E-state index in [-0.39, 0.29) is 0 Å². The van der Waals surface area contributed by atoms with Gasteiger partial charge in [0.2, 0.25) is 0 Å². The lowest BCUT2D eigenvalue weighted by Gasteiger charge is -2.28. The second kappa shape index (κ2) is 8.18. The zero-order valence-electron chi connectivity index (χ0n) is 12.9. The topological polar surface area (TPSA) is 24.5 Å². The molecule has 0 heterocycles. The summed E-state index contributed by atoms with van der Waals surface area (Å²) < 4.78 is 5.75. The molecule has 0 spiro atoms. The molecule has 3 heteroatoms. The fraction of sp³-hybridized carbons (Fsp3) is 0.625. The number of rotatable bonds is 8. The van der Waals surface area contributed by atoms with E-state index in [1.165, 1.54) is 5.56 Å². The summed E-state index contributed by atoms with van der Waals surface area (Å²) in [5.74, 6) is 0.994. The molecule has 0 aliphatic heterocycles. The second-order valence-corrected chi connectivity index (χ2v) is 5.11. The summed E-state index contributed by atoms with van der Waals surface area (Å²) in [6.45, 7) is 11.3. The van der Waals surface area contributed by atoms with E-state index < -0.39 is 0 Å². The van der Waals surface area contributed by atoms with Crippen LogP contribution >= 0.6 is 0 Å². The number of hydrogen-bond acceptors (Lipinski definition) is 3. The minimum atomic E-state index is 0.306. The van der Waals surface area contributed by atoms with Crippen molar-refractivity contribution in [3.63, 3.8) is 0 Å². The Hall–Kier alpha value is -1.06. The van der Waals surface area contributed by atoms with Gasteiger partial charge in [0.05, 0.1) is 6.61 Å². The van der Waals surface area contributed by atoms with Crippen LogP contribution in [0.2, 0.25) is 0 Å². The first-order valence-corrected chi connectivity index (χ1v) is 7.25. The maximum Gasteiger partial charge on any atom is 0.124 e. The minimum absolute atomic E-state index is 0.306. The maximum absolute atomic E-state index is 5.75. The van der Waals surface area contributed by atoms with Crippen molar-refractivity contribution in [1.29, 1.82) is 0 Å². The van der Waals surface area contributed by atoms with Gasteiger partial charge in [0, 0.05) is 24.2 Å². The van der Waals surface area contributed by atoms with Crippen molar-refractivity contribution in [1.82, 2.24) is 10.2 Å². The predicted octanol–water partition coefficient (Wildman–Crippen LogP) is 3.08. The van der Waals surface area contributed by atoms with E-state index in [1.54, 1.807) is 0 Å². The van der Waals surface area contributed by atoms with Crippen LogP contribution in [0.5, 0.6) is 5.75 Å². The maximum atomic E-state index is 5.75. The van der Waals surface area contributed by atoms with Crippen LogP contribution in [0.25, 0.3) is 0 Å². The Labute approximate surface area is 118 Å². The minimum Gasteiger partial charge on any atom is -0.494 e. The molecule has 1 aromatic rings. The molecule has 1 unspecified atom stereocenters. The fourth-order valence-electron chi connectivity index (χ4n) is 2.07. The molecule has 1 rings (SSSR count). The third-order valence-corrected chi connectivity index (χ3v) is 3.40. The van der Waals surface area contributed by atoms with Gasteiger partial charge in [-0.3, -0.25) is 0 Å². The summed E-state index contributed by atoms with van der Waals surface area (Å²) in [5, 5.41) is 3.56. The highest BCUT2D eigenvalue weighted by molar-refractivity contribution is 5.36. The molecule has 1 aromatic carbocycles. The van der Waals surface area contributed by atoms with Crippen LogP contribution in [0.3, 0.4) is 0 Å². The van der Waals surface area contributed by atoms with Crippen LogP contribution < -0.4 is 10.1 Å². The van der Waals surface area contributed by atoms with Crippen LogP contribution in [0.1, 0.15) is 39.3 Å². The van der Waals surface area contributed by atoms with Crippen molar-refractivity contribution in [3.8, 4) is 5.75 Å². The lowest BCUT2D eigenvalue weighted by Crippen LogP contribution is -2.36. The van der Waals surface area contributed by atoms with Gasteiger partial charge in [-0.05, 0) is 40.4 Å². The standard InChI is InChI=1S/C16H28N2O/c1-6-17-15(12-18(5)13(3)4)14-10-8-9-11-16(14)19-7-2/h8-11,13,15,17H,6-7,12H2,1-5H3. The highest BCUT2D eigenvalue weighted by atomic mass is 16.5. The fourth-order valence-corrected chi connectivity index (χ4v) is 2.07. The number of benzene rings is 1. The Balaban J connectivity index is 2.91. The Morgan fingerprint density at radius 3 is 2.47 bits per heavy atom. The molecule has 0 saturated carbocycles. The van der Waals surface area contributed by atoms with Crippen molar-refractivity contribution in [2.45, 2.75) is 39.8 Å². The van der Waals surface area contributed by atoms with Crippen molar-refractivity contribution in [3.05, 3.63) is 29.8 Å². The van der Waals surface area contributed by atoms with Gasteiger partial charge in [-0.15, -0.1) is 0 Å². The molecular formula is C16H28N2O. The van der Waals surface area contributed by atoms with Gasteiger partial charge in [-0.1, -0.05) is 25.1 Å². The van der Waals surface area contributed by atoms with Crippen molar-refractivity contribution >= 4 is 0 Å². The number of likely N-dealkylation sites (N-methyl/N-ethyl adjacent to an activating group) is 2. The van der Waals surface area contributed by atoms with Crippen LogP contribution in [0.15, 0.2) is 24.3 Å². The van der Waals surface area contributed by atoms with E-state index in [1.807, 2.05) is 13.0 Å². The summed E-state index contributed by atoms with van der Waals surface area (Å²) in [5.41, 5.74) is 1.25. The predicted molar refractivity (Wildman–Crippen MR) is 81.8 cm³/mol. The molecule has 0 aromatic heterocycles. The van der Waals surface area contributed by atoms with Crippen LogP contribution in [0.4, 0.5) is 0 Å². The van der Waals surface area contributed by atoms with E-state index >= 15 is 0 Å². The van der Waals surface area contributed by atoms with Gasteiger partial charge >= 0.3 is 0 Å². The van der Waals surface area contributed by atoms with Gasteiger partial charge in [-0.2, -0.15) is 0 Å². The Morgan fingerprint density at radius 2 is 1.89 bits per heavy atom. The zero-order chi connectivity index (χ0) is 14.3. The molecule has 0 saturated heterocycles. The number of nitrogens with one attached hydrogen (secondary N) is 1. The van der Waals surface area contributed by atoms with Crippen molar-refractivity contribution < 1.29 is 4.74 Å². The van der Waals surface area contributed by atoms with Gasteiger partial charge < -0.3 is 15.0 Å². The van der Waals surface area contributed by atoms with Crippen LogP contribution in [-0.2, 0) is 0 Å². The molecule has 108 valence electrons. The molecule has 1 atom stereocenters. The van der Waals surface area contributed by atoms with Crippen molar-refractivity contribution in [2.24, 2.45) is 0 Å². The molecule has 0 amide bonds. The molecule has 0 aliphatic carbocycles. The molecular weight excluding hydrogens is 236 g/mol. The molecule has 0 bridgehead atoms. The third-order valence-electron chi connectivity index (χ3n) is 3.40. The highest BCUT2D eigenvalue weighted by Gasteiger charge is 2.18. The first kappa shape index (κ1) is 16.0. The summed E-state index contributed by atoms with van der Waals surface area (Å²) in [4.78, 5) is 2.36. The van der Waals surface area contributed by atoms with E-state index in [0.29, 0.717) is 18.7 Å². The van der Waals surface area contributed by atoms with Crippen LogP contribution in [-0.4, -0.2) is 37.7 Å². The summed E-state index contributed by atoms with van der Waals surface area (Å²) >= 11 is 0. The number of ether oxygens (including phenoxy) is 1. The van der Waals surface area contributed by atoms with Crippen LogP contribution in [0, 0.1) is 0 Å². The second-order valence-electron chi connectivity index (χ2n) is 5.11. The highest BCUT2D eigenvalue weighted by Crippen LogP contribution is 2.26. The van der Waals surface area contributed by atoms with Gasteiger partial charge in [0.1, 0.15) is 5.75 Å². The molecule has 0 radical (unpaired) electrons. The largest absolute Gasteiger partial charge is 0.494 e. The first-order valence-electron chi connectivity index (χ1n) is 7.25. The number of nitrogens with zero attached hydrogens (tertiary/aromatic N) is 1. The summed E-state index contributed by atoms with van der Waals surface area (Å²) in [6.07, 6.45) is 0. The molecule has 19 heavy (non-hydrogen) atoms. The lowest BCUT2D eigenvalue weighted by molar-refractivity contribution is 0.239. The monoisotopic (exact) mass is 264 g/mol. The third kappa shape index (κ3) is 4.84. The molecule has 1 N–H and O–H groups in total. The summed E-state index contributed by atoms with van der Waals surface area (Å²) in [6, 6.07) is 9.17. The van der Waals surface area contributed by atoms with E-state index in [2.05, 4.69) is 56.2 Å². The average molecular weight is 264 g/mol.